The van der Waals surface area contributed by atoms with Crippen LogP contribution in [0.5, 0.6) is 11.5 Å². The molecule has 394 valence electrons. The molecule has 0 heterocycles. The number of hydrogen-bond donors (Lipinski definition) is 5. The van der Waals surface area contributed by atoms with Crippen LogP contribution in [0, 0.1) is 23.7 Å². The SMILES string of the molecule is CCCCCCC#CCCCCCC[C@H](O)[C@@H](O)C(CO)OCc1ccc(OC)cc1.CCCCCCC#CCCCCCC[C@H](O)[C@@H](O)C(CO[Si](C)(C)C(C)(C)C)OCc1ccc(OC)cc1. The third-order valence-electron chi connectivity index (χ3n) is 13.1. The molecular formula is C58H98O10Si. The molecule has 0 spiro atoms. The van der Waals surface area contributed by atoms with E-state index >= 15 is 0 Å². The van der Waals surface area contributed by atoms with Crippen molar-refractivity contribution in [3.63, 3.8) is 0 Å². The molecule has 2 aromatic rings. The summed E-state index contributed by atoms with van der Waals surface area (Å²) in [5.41, 5.74) is 1.89. The van der Waals surface area contributed by atoms with E-state index in [0.717, 1.165) is 99.7 Å². The van der Waals surface area contributed by atoms with Crippen LogP contribution in [-0.4, -0.2) is 97.9 Å². The van der Waals surface area contributed by atoms with Crippen molar-refractivity contribution in [2.24, 2.45) is 0 Å². The molecule has 2 rings (SSSR count). The molecule has 0 amide bonds. The summed E-state index contributed by atoms with van der Waals surface area (Å²) < 4.78 is 28.5. The van der Waals surface area contributed by atoms with Gasteiger partial charge in [0.2, 0.25) is 0 Å². The lowest BCUT2D eigenvalue weighted by atomic mass is 10.0. The van der Waals surface area contributed by atoms with Crippen molar-refractivity contribution in [1.82, 2.24) is 0 Å². The molecule has 0 radical (unpaired) electrons. The van der Waals surface area contributed by atoms with Crippen molar-refractivity contribution < 1.29 is 48.9 Å². The lowest BCUT2D eigenvalue weighted by molar-refractivity contribution is -0.114. The summed E-state index contributed by atoms with van der Waals surface area (Å²) in [5, 5.41) is 52.0. The van der Waals surface area contributed by atoms with Crippen LogP contribution in [0.4, 0.5) is 0 Å². The van der Waals surface area contributed by atoms with Gasteiger partial charge in [0.15, 0.2) is 8.32 Å². The number of aliphatic hydroxyl groups is 5. The van der Waals surface area contributed by atoms with E-state index in [-0.39, 0.29) is 24.9 Å². The molecule has 0 fully saturated rings. The molecule has 10 nitrogen and oxygen atoms in total. The maximum absolute atomic E-state index is 11.0. The third kappa shape index (κ3) is 30.5. The molecule has 0 aliphatic carbocycles. The van der Waals surface area contributed by atoms with Crippen molar-refractivity contribution >= 4 is 8.32 Å². The van der Waals surface area contributed by atoms with Gasteiger partial charge in [0.25, 0.3) is 0 Å². The highest BCUT2D eigenvalue weighted by Gasteiger charge is 2.39. The highest BCUT2D eigenvalue weighted by molar-refractivity contribution is 6.74. The van der Waals surface area contributed by atoms with Gasteiger partial charge in [-0.15, -0.1) is 23.7 Å². The Bertz CT molecular complexity index is 1640. The second-order valence-corrected chi connectivity index (χ2v) is 24.8. The third-order valence-corrected chi connectivity index (χ3v) is 17.6. The quantitative estimate of drug-likeness (QED) is 0.0254. The maximum Gasteiger partial charge on any atom is 0.192 e. The average Bonchev–Trinajstić information content (AvgIpc) is 3.34. The molecule has 6 atom stereocenters. The Morgan fingerprint density at radius 3 is 1.20 bits per heavy atom. The van der Waals surface area contributed by atoms with Gasteiger partial charge in [0.05, 0.1) is 52.9 Å². The largest absolute Gasteiger partial charge is 0.497 e. The van der Waals surface area contributed by atoms with Crippen LogP contribution in [0.1, 0.15) is 187 Å². The molecule has 0 bridgehead atoms. The van der Waals surface area contributed by atoms with Gasteiger partial charge in [-0.25, -0.2) is 0 Å². The molecule has 0 aromatic heterocycles. The molecule has 69 heavy (non-hydrogen) atoms. The number of benzene rings is 2. The van der Waals surface area contributed by atoms with Crippen molar-refractivity contribution in [2.45, 2.75) is 244 Å². The van der Waals surface area contributed by atoms with E-state index in [2.05, 4.69) is 71.4 Å². The van der Waals surface area contributed by atoms with Gasteiger partial charge < -0.3 is 48.9 Å². The van der Waals surface area contributed by atoms with Crippen LogP contribution in [0.3, 0.4) is 0 Å². The van der Waals surface area contributed by atoms with E-state index in [9.17, 15) is 25.5 Å². The van der Waals surface area contributed by atoms with E-state index in [0.29, 0.717) is 19.4 Å². The monoisotopic (exact) mass is 983 g/mol. The summed E-state index contributed by atoms with van der Waals surface area (Å²) in [4.78, 5) is 0. The maximum atomic E-state index is 11.0. The fraction of sp³-hybridized carbons (Fsp3) is 0.724. The molecule has 0 saturated heterocycles. The van der Waals surface area contributed by atoms with Crippen LogP contribution in [0.25, 0.3) is 0 Å². The number of unbranched alkanes of at least 4 members (excludes halogenated alkanes) is 16. The fourth-order valence-corrected chi connectivity index (χ4v) is 8.19. The molecule has 0 aliphatic heterocycles. The topological polar surface area (TPSA) is 147 Å². The molecule has 2 unspecified atom stereocenters. The van der Waals surface area contributed by atoms with Gasteiger partial charge in [0, 0.05) is 25.7 Å². The number of methoxy groups -OCH3 is 2. The highest BCUT2D eigenvalue weighted by Crippen LogP contribution is 2.37. The van der Waals surface area contributed by atoms with E-state index in [1.54, 1.807) is 14.2 Å². The number of rotatable bonds is 36. The zero-order valence-electron chi connectivity index (χ0n) is 44.7. The standard InChI is InChI=1S/C32H56O5Si.C26H42O5/c1-8-9-10-11-12-13-14-15-16-17-18-19-20-29(33)31(34)30(26-37-38(6,7)32(2,3)4)36-25-27-21-23-28(35-5)24-22-27;1-3-4-5-6-7-8-9-10-11-12-13-14-15-24(28)26(29)25(20-27)31-21-22-16-18-23(30-2)19-17-22/h21-24,29-31,33-34H,8-12,15-20,25-26H2,1-7H3;16-19,24-29H,3-7,10-15,20-21H2,1-2H3/t29-,30?,31+;24-,25?,26+/m00/s1. The van der Waals surface area contributed by atoms with Gasteiger partial charge in [-0.3, -0.25) is 0 Å². The number of aliphatic hydroxyl groups excluding tert-OH is 5. The van der Waals surface area contributed by atoms with E-state index in [1.807, 2.05) is 48.5 Å². The van der Waals surface area contributed by atoms with E-state index in [1.165, 1.54) is 51.4 Å². The van der Waals surface area contributed by atoms with Crippen LogP contribution < -0.4 is 9.47 Å². The van der Waals surface area contributed by atoms with Gasteiger partial charge in [-0.1, -0.05) is 136 Å². The lowest BCUT2D eigenvalue weighted by Crippen LogP contribution is -2.47. The predicted molar refractivity (Wildman–Crippen MR) is 286 cm³/mol. The van der Waals surface area contributed by atoms with Crippen LogP contribution in [0.2, 0.25) is 18.1 Å². The first-order valence-electron chi connectivity index (χ1n) is 26.5. The Balaban J connectivity index is 0.000000704. The molecule has 0 aliphatic rings. The smallest absolute Gasteiger partial charge is 0.192 e. The second kappa shape index (κ2) is 39.6. The van der Waals surface area contributed by atoms with Crippen molar-refractivity contribution in [2.75, 3.05) is 27.4 Å². The summed E-state index contributed by atoms with van der Waals surface area (Å²) in [6, 6.07) is 15.1. The van der Waals surface area contributed by atoms with Crippen LogP contribution >= 0.6 is 0 Å². The predicted octanol–water partition coefficient (Wildman–Crippen LogP) is 12.2. The van der Waals surface area contributed by atoms with Gasteiger partial charge in [-0.05, 0) is 92.0 Å². The van der Waals surface area contributed by atoms with E-state index in [4.69, 9.17) is 23.4 Å². The molecule has 2 aromatic carbocycles. The molecular weight excluding hydrogens is 885 g/mol. The fourth-order valence-electron chi connectivity index (χ4n) is 7.17. The average molecular weight is 983 g/mol. The van der Waals surface area contributed by atoms with Crippen molar-refractivity contribution in [3.8, 4) is 35.2 Å². The Hall–Kier alpha value is -2.94. The van der Waals surface area contributed by atoms with Gasteiger partial charge in [-0.2, -0.15) is 0 Å². The second-order valence-electron chi connectivity index (χ2n) is 20.0. The van der Waals surface area contributed by atoms with Gasteiger partial charge >= 0.3 is 0 Å². The Labute approximate surface area is 421 Å². The van der Waals surface area contributed by atoms with Crippen molar-refractivity contribution in [3.05, 3.63) is 59.7 Å². The Morgan fingerprint density at radius 2 is 0.855 bits per heavy atom. The highest BCUT2D eigenvalue weighted by atomic mass is 28.4. The van der Waals surface area contributed by atoms with E-state index < -0.39 is 44.9 Å². The zero-order chi connectivity index (χ0) is 51.2. The Kier molecular flexibility index (Phi) is 36.8. The zero-order valence-corrected chi connectivity index (χ0v) is 45.7. The van der Waals surface area contributed by atoms with Crippen LogP contribution in [0.15, 0.2) is 48.5 Å². The number of hydrogen-bond acceptors (Lipinski definition) is 10. The molecule has 11 heteroatoms. The van der Waals surface area contributed by atoms with Crippen molar-refractivity contribution in [1.29, 1.82) is 0 Å². The summed E-state index contributed by atoms with van der Waals surface area (Å²) in [7, 11) is 1.22. The summed E-state index contributed by atoms with van der Waals surface area (Å²) in [5.74, 6) is 14.6. The Morgan fingerprint density at radius 1 is 0.507 bits per heavy atom. The van der Waals surface area contributed by atoms with Crippen LogP contribution in [-0.2, 0) is 27.1 Å². The summed E-state index contributed by atoms with van der Waals surface area (Å²) in [6.45, 7) is 15.9. The lowest BCUT2D eigenvalue weighted by Gasteiger charge is -2.38. The van der Waals surface area contributed by atoms with Gasteiger partial charge in [0.1, 0.15) is 35.9 Å². The first-order valence-corrected chi connectivity index (χ1v) is 29.4. The normalized spacial score (nSPS) is 14.2. The summed E-state index contributed by atoms with van der Waals surface area (Å²) in [6.07, 6.45) is 17.9. The molecule has 0 saturated carbocycles. The molecule has 5 N–H and O–H groups in total. The first kappa shape index (κ1) is 64.1. The minimum absolute atomic E-state index is 0.0521. The number of ether oxygens (including phenoxy) is 4. The minimum Gasteiger partial charge on any atom is -0.497 e. The first-order chi connectivity index (χ1) is 33.1. The minimum atomic E-state index is -2.03. The summed E-state index contributed by atoms with van der Waals surface area (Å²) >= 11 is 0.